The van der Waals surface area contributed by atoms with Crippen molar-refractivity contribution in [3.63, 3.8) is 0 Å². The molecule has 0 bridgehead atoms. The van der Waals surface area contributed by atoms with Gasteiger partial charge in [-0.25, -0.2) is 0 Å². The van der Waals surface area contributed by atoms with Gasteiger partial charge in [-0.2, -0.15) is 0 Å². The Morgan fingerprint density at radius 3 is 1.83 bits per heavy atom. The fraction of sp³-hybridized carbons (Fsp3) is 0.0732. The molecule has 42 heavy (non-hydrogen) atoms. The first kappa shape index (κ1) is 24.6. The van der Waals surface area contributed by atoms with E-state index in [9.17, 15) is 0 Å². The van der Waals surface area contributed by atoms with Crippen LogP contribution in [0.1, 0.15) is 25.0 Å². The summed E-state index contributed by atoms with van der Waals surface area (Å²) in [6, 6.07) is 55.4. The highest BCUT2D eigenvalue weighted by Gasteiger charge is 2.35. The van der Waals surface area contributed by atoms with Crippen LogP contribution in [-0.2, 0) is 5.41 Å². The average molecular weight is 538 g/mol. The molecule has 200 valence electrons. The fourth-order valence-electron chi connectivity index (χ4n) is 6.93. The van der Waals surface area contributed by atoms with E-state index in [-0.39, 0.29) is 5.41 Å². The number of fused-ring (bicyclic) bond motifs is 6. The van der Waals surface area contributed by atoms with Crippen LogP contribution in [0.15, 0.2) is 152 Å². The second kappa shape index (κ2) is 9.46. The van der Waals surface area contributed by atoms with Gasteiger partial charge in [0.25, 0.3) is 0 Å². The van der Waals surface area contributed by atoms with Crippen LogP contribution < -0.4 is 4.90 Å². The van der Waals surface area contributed by atoms with Crippen molar-refractivity contribution >= 4 is 38.6 Å². The van der Waals surface area contributed by atoms with Crippen molar-refractivity contribution in [1.82, 2.24) is 0 Å². The van der Waals surface area contributed by atoms with Crippen molar-refractivity contribution in [2.45, 2.75) is 19.3 Å². The van der Waals surface area contributed by atoms with Crippen molar-refractivity contribution in [3.05, 3.63) is 163 Å². The molecule has 0 spiro atoms. The highest BCUT2D eigenvalue weighted by atomic mass is 15.1. The van der Waals surface area contributed by atoms with Gasteiger partial charge in [-0.1, -0.05) is 135 Å². The number of rotatable bonds is 4. The number of hydrogen-bond donors (Lipinski definition) is 0. The molecule has 0 fully saturated rings. The van der Waals surface area contributed by atoms with Gasteiger partial charge in [0.1, 0.15) is 0 Å². The molecule has 0 atom stereocenters. The predicted octanol–water partition coefficient (Wildman–Crippen LogP) is 11.4. The maximum atomic E-state index is 2.44. The van der Waals surface area contributed by atoms with Gasteiger partial charge >= 0.3 is 0 Å². The standard InChI is InChI=1S/C41H31N/c1-41(2)38-19-11-10-17-35(38)37-27-32(24-25-39(37)41)42(31-22-20-29(21-23-31)28-12-4-3-5-13-28)40-26-30-14-6-7-15-33(30)34-16-8-9-18-36(34)40/h3-27H,1-2H3. The predicted molar refractivity (Wildman–Crippen MR) is 179 cm³/mol. The summed E-state index contributed by atoms with van der Waals surface area (Å²) in [5, 5.41) is 5.03. The first-order chi connectivity index (χ1) is 20.6. The Balaban J connectivity index is 1.38. The summed E-state index contributed by atoms with van der Waals surface area (Å²) < 4.78 is 0. The Morgan fingerprint density at radius 1 is 0.429 bits per heavy atom. The third-order valence-electron chi connectivity index (χ3n) is 9.05. The van der Waals surface area contributed by atoms with Gasteiger partial charge in [0.05, 0.1) is 5.69 Å². The van der Waals surface area contributed by atoms with E-state index in [0.29, 0.717) is 0 Å². The summed E-state index contributed by atoms with van der Waals surface area (Å²) >= 11 is 0. The molecule has 0 saturated carbocycles. The molecule has 0 heterocycles. The monoisotopic (exact) mass is 537 g/mol. The minimum absolute atomic E-state index is 0.0255. The van der Waals surface area contributed by atoms with E-state index in [4.69, 9.17) is 0 Å². The second-order valence-electron chi connectivity index (χ2n) is 11.8. The SMILES string of the molecule is CC1(C)c2ccccc2-c2cc(N(c3ccc(-c4ccccc4)cc3)c3cc4ccccc4c4ccccc34)ccc21. The fourth-order valence-corrected chi connectivity index (χ4v) is 6.93. The summed E-state index contributed by atoms with van der Waals surface area (Å²) in [6.45, 7) is 4.68. The third kappa shape index (κ3) is 3.78. The van der Waals surface area contributed by atoms with Crippen LogP contribution in [-0.4, -0.2) is 0 Å². The highest BCUT2D eigenvalue weighted by molar-refractivity contribution is 6.14. The van der Waals surface area contributed by atoms with E-state index in [0.717, 1.165) is 11.4 Å². The van der Waals surface area contributed by atoms with E-state index >= 15 is 0 Å². The van der Waals surface area contributed by atoms with E-state index in [1.54, 1.807) is 0 Å². The number of nitrogens with zero attached hydrogens (tertiary/aromatic N) is 1. The lowest BCUT2D eigenvalue weighted by atomic mass is 9.82. The second-order valence-corrected chi connectivity index (χ2v) is 11.8. The van der Waals surface area contributed by atoms with Crippen LogP contribution in [0.4, 0.5) is 17.1 Å². The molecule has 1 aliphatic rings. The molecule has 7 aromatic carbocycles. The highest BCUT2D eigenvalue weighted by Crippen LogP contribution is 2.51. The van der Waals surface area contributed by atoms with Crippen molar-refractivity contribution < 1.29 is 0 Å². The van der Waals surface area contributed by atoms with E-state index in [2.05, 4.69) is 170 Å². The molecular weight excluding hydrogens is 506 g/mol. The lowest BCUT2D eigenvalue weighted by Gasteiger charge is -2.29. The maximum Gasteiger partial charge on any atom is 0.0546 e. The normalized spacial score (nSPS) is 13.2. The van der Waals surface area contributed by atoms with Crippen molar-refractivity contribution in [2.75, 3.05) is 4.90 Å². The van der Waals surface area contributed by atoms with E-state index in [1.165, 1.54) is 60.6 Å². The minimum Gasteiger partial charge on any atom is -0.310 e. The van der Waals surface area contributed by atoms with Gasteiger partial charge < -0.3 is 4.90 Å². The van der Waals surface area contributed by atoms with Crippen LogP contribution in [0.25, 0.3) is 43.8 Å². The summed E-state index contributed by atoms with van der Waals surface area (Å²) in [6.07, 6.45) is 0. The Morgan fingerprint density at radius 2 is 1.02 bits per heavy atom. The smallest absolute Gasteiger partial charge is 0.0546 e. The van der Waals surface area contributed by atoms with Crippen molar-refractivity contribution in [2.24, 2.45) is 0 Å². The maximum absolute atomic E-state index is 2.44. The summed E-state index contributed by atoms with van der Waals surface area (Å²) in [5.41, 5.74) is 11.3. The molecule has 1 heteroatoms. The quantitative estimate of drug-likeness (QED) is 0.202. The van der Waals surface area contributed by atoms with Gasteiger partial charge in [0.15, 0.2) is 0 Å². The molecule has 7 aromatic rings. The zero-order valence-electron chi connectivity index (χ0n) is 23.9. The Hall–Kier alpha value is -5.14. The Labute approximate surface area is 247 Å². The van der Waals surface area contributed by atoms with E-state index in [1.807, 2.05) is 0 Å². The van der Waals surface area contributed by atoms with Crippen LogP contribution in [0.5, 0.6) is 0 Å². The van der Waals surface area contributed by atoms with Crippen LogP contribution >= 0.6 is 0 Å². The topological polar surface area (TPSA) is 3.24 Å². The lowest BCUT2D eigenvalue weighted by molar-refractivity contribution is 0.660. The Kier molecular flexibility index (Phi) is 5.55. The lowest BCUT2D eigenvalue weighted by Crippen LogP contribution is -2.15. The number of benzene rings is 7. The Bertz CT molecular complexity index is 2100. The van der Waals surface area contributed by atoms with Gasteiger partial charge in [0.2, 0.25) is 0 Å². The van der Waals surface area contributed by atoms with Gasteiger partial charge in [-0.3, -0.25) is 0 Å². The molecule has 0 unspecified atom stereocenters. The third-order valence-corrected chi connectivity index (χ3v) is 9.05. The largest absolute Gasteiger partial charge is 0.310 e. The van der Waals surface area contributed by atoms with Crippen LogP contribution in [0, 0.1) is 0 Å². The summed E-state index contributed by atoms with van der Waals surface area (Å²) in [4.78, 5) is 2.44. The van der Waals surface area contributed by atoms with Crippen LogP contribution in [0.3, 0.4) is 0 Å². The number of anilines is 3. The molecule has 0 radical (unpaired) electrons. The summed E-state index contributed by atoms with van der Waals surface area (Å²) in [7, 11) is 0. The molecule has 0 N–H and O–H groups in total. The van der Waals surface area contributed by atoms with Crippen molar-refractivity contribution in [1.29, 1.82) is 0 Å². The van der Waals surface area contributed by atoms with Crippen molar-refractivity contribution in [3.8, 4) is 22.3 Å². The first-order valence-corrected chi connectivity index (χ1v) is 14.7. The van der Waals surface area contributed by atoms with Gasteiger partial charge in [-0.15, -0.1) is 0 Å². The van der Waals surface area contributed by atoms with Gasteiger partial charge in [-0.05, 0) is 79.9 Å². The molecule has 8 rings (SSSR count). The molecule has 0 aromatic heterocycles. The van der Waals surface area contributed by atoms with Crippen LogP contribution in [0.2, 0.25) is 0 Å². The molecule has 1 aliphatic carbocycles. The van der Waals surface area contributed by atoms with Gasteiger partial charge in [0, 0.05) is 22.2 Å². The first-order valence-electron chi connectivity index (χ1n) is 14.7. The molecule has 0 amide bonds. The molecule has 0 saturated heterocycles. The minimum atomic E-state index is -0.0255. The molecule has 0 aliphatic heterocycles. The number of hydrogen-bond acceptors (Lipinski definition) is 1. The van der Waals surface area contributed by atoms with E-state index < -0.39 is 0 Å². The average Bonchev–Trinajstić information content (AvgIpc) is 3.28. The zero-order valence-corrected chi connectivity index (χ0v) is 23.9. The molecule has 1 nitrogen and oxygen atoms in total. The summed E-state index contributed by atoms with van der Waals surface area (Å²) in [5.74, 6) is 0. The molecular formula is C41H31N. The zero-order chi connectivity index (χ0) is 28.3.